The van der Waals surface area contributed by atoms with Crippen LogP contribution >= 0.6 is 0 Å². The highest BCUT2D eigenvalue weighted by Gasteiger charge is 2.22. The molecule has 2 atom stereocenters. The molecule has 0 aliphatic carbocycles. The van der Waals surface area contributed by atoms with Crippen molar-refractivity contribution in [1.29, 1.82) is 0 Å². The van der Waals surface area contributed by atoms with E-state index >= 15 is 0 Å². The molecule has 0 bridgehead atoms. The number of hydrogen-bond donors (Lipinski definition) is 2. The van der Waals surface area contributed by atoms with Gasteiger partial charge in [0.1, 0.15) is 0 Å². The smallest absolute Gasteiger partial charge is 0.230 e. The van der Waals surface area contributed by atoms with Gasteiger partial charge in [-0.1, -0.05) is 36.4 Å². The Bertz CT molecular complexity index is 602. The fraction of sp³-hybridized carbons (Fsp3) is 0.333. The van der Waals surface area contributed by atoms with E-state index in [2.05, 4.69) is 10.3 Å². The van der Waals surface area contributed by atoms with Crippen LogP contribution in [0.5, 0.6) is 0 Å². The zero-order chi connectivity index (χ0) is 16.7. The monoisotopic (exact) mass is 313 g/mol. The van der Waals surface area contributed by atoms with E-state index in [0.29, 0.717) is 13.1 Å². The summed E-state index contributed by atoms with van der Waals surface area (Å²) in [6.45, 7) is 0.841. The number of carbonyl (C=O) groups is 1. The molecule has 0 aliphatic rings. The molecule has 2 N–H and O–H groups in total. The van der Waals surface area contributed by atoms with Gasteiger partial charge in [-0.15, -0.1) is 0 Å². The number of rotatable bonds is 7. The number of carbonyl (C=O) groups excluding carboxylic acids is 1. The molecule has 0 spiro atoms. The zero-order valence-electron chi connectivity index (χ0n) is 13.5. The van der Waals surface area contributed by atoms with Crippen molar-refractivity contribution in [3.8, 4) is 0 Å². The van der Waals surface area contributed by atoms with Crippen molar-refractivity contribution in [3.63, 3.8) is 0 Å². The minimum absolute atomic E-state index is 0.0413. The SMILES string of the molecule is CN(C)C(=O)C(CNCC(O)c1cccnc1)c1ccccc1. The Morgan fingerprint density at radius 2 is 1.83 bits per heavy atom. The number of aliphatic hydroxyl groups is 1. The summed E-state index contributed by atoms with van der Waals surface area (Å²) in [7, 11) is 3.51. The average Bonchev–Trinajstić information content (AvgIpc) is 2.59. The first-order chi connectivity index (χ1) is 11.1. The molecule has 1 amide bonds. The molecule has 122 valence electrons. The van der Waals surface area contributed by atoms with Gasteiger partial charge in [-0.05, 0) is 11.6 Å². The van der Waals surface area contributed by atoms with Gasteiger partial charge < -0.3 is 15.3 Å². The summed E-state index contributed by atoms with van der Waals surface area (Å²) in [6, 6.07) is 13.3. The Hall–Kier alpha value is -2.24. The van der Waals surface area contributed by atoms with Crippen LogP contribution in [0.4, 0.5) is 0 Å². The van der Waals surface area contributed by atoms with Gasteiger partial charge in [0.15, 0.2) is 0 Å². The maximum absolute atomic E-state index is 12.4. The van der Waals surface area contributed by atoms with Crippen LogP contribution in [0.15, 0.2) is 54.9 Å². The predicted octanol–water partition coefficient (Wildman–Crippen LogP) is 1.58. The van der Waals surface area contributed by atoms with E-state index in [9.17, 15) is 9.90 Å². The van der Waals surface area contributed by atoms with Crippen molar-refractivity contribution >= 4 is 5.91 Å². The first kappa shape index (κ1) is 17.1. The van der Waals surface area contributed by atoms with Gasteiger partial charge in [-0.3, -0.25) is 9.78 Å². The summed E-state index contributed by atoms with van der Waals surface area (Å²) in [5.41, 5.74) is 1.73. The van der Waals surface area contributed by atoms with E-state index in [1.807, 2.05) is 36.4 Å². The zero-order valence-corrected chi connectivity index (χ0v) is 13.5. The fourth-order valence-electron chi connectivity index (χ4n) is 2.40. The molecule has 0 radical (unpaired) electrons. The molecule has 0 fully saturated rings. The largest absolute Gasteiger partial charge is 0.387 e. The van der Waals surface area contributed by atoms with E-state index < -0.39 is 6.10 Å². The molecule has 0 saturated carbocycles. The molecule has 1 heterocycles. The lowest BCUT2D eigenvalue weighted by molar-refractivity contribution is -0.130. The second kappa shape index (κ2) is 8.41. The van der Waals surface area contributed by atoms with E-state index in [-0.39, 0.29) is 11.8 Å². The first-order valence-electron chi connectivity index (χ1n) is 7.64. The van der Waals surface area contributed by atoms with Gasteiger partial charge in [-0.25, -0.2) is 0 Å². The van der Waals surface area contributed by atoms with E-state index in [1.54, 1.807) is 37.5 Å². The topological polar surface area (TPSA) is 65.5 Å². The van der Waals surface area contributed by atoms with Gasteiger partial charge in [0.2, 0.25) is 5.91 Å². The Balaban J connectivity index is 1.98. The Morgan fingerprint density at radius 1 is 1.13 bits per heavy atom. The minimum atomic E-state index is -0.644. The number of amides is 1. The van der Waals surface area contributed by atoms with E-state index in [1.165, 1.54) is 0 Å². The standard InChI is InChI=1S/C18H23N3O2/c1-21(2)18(23)16(14-7-4-3-5-8-14)12-20-13-17(22)15-9-6-10-19-11-15/h3-11,16-17,20,22H,12-13H2,1-2H3. The molecule has 2 aromatic rings. The fourth-order valence-corrected chi connectivity index (χ4v) is 2.40. The Morgan fingerprint density at radius 3 is 2.43 bits per heavy atom. The number of aliphatic hydroxyl groups excluding tert-OH is 1. The second-order valence-electron chi connectivity index (χ2n) is 5.66. The summed E-state index contributed by atoms with van der Waals surface area (Å²) < 4.78 is 0. The van der Waals surface area contributed by atoms with Crippen molar-refractivity contribution in [3.05, 3.63) is 66.0 Å². The lowest BCUT2D eigenvalue weighted by atomic mass is 9.97. The van der Waals surface area contributed by atoms with Crippen molar-refractivity contribution in [1.82, 2.24) is 15.2 Å². The van der Waals surface area contributed by atoms with Crippen molar-refractivity contribution in [2.75, 3.05) is 27.2 Å². The van der Waals surface area contributed by atoms with Crippen LogP contribution < -0.4 is 5.32 Å². The van der Waals surface area contributed by atoms with Crippen LogP contribution in [0.2, 0.25) is 0 Å². The molecule has 23 heavy (non-hydrogen) atoms. The van der Waals surface area contributed by atoms with Gasteiger partial charge in [0.05, 0.1) is 12.0 Å². The molecule has 5 heteroatoms. The third kappa shape index (κ3) is 4.87. The number of benzene rings is 1. The third-order valence-corrected chi connectivity index (χ3v) is 3.70. The van der Waals surface area contributed by atoms with Gasteiger partial charge in [0.25, 0.3) is 0 Å². The molecule has 2 unspecified atom stereocenters. The van der Waals surface area contributed by atoms with Crippen LogP contribution in [-0.2, 0) is 4.79 Å². The first-order valence-corrected chi connectivity index (χ1v) is 7.64. The number of hydrogen-bond acceptors (Lipinski definition) is 4. The number of nitrogens with zero attached hydrogens (tertiary/aromatic N) is 2. The highest BCUT2D eigenvalue weighted by Crippen LogP contribution is 2.17. The van der Waals surface area contributed by atoms with Crippen molar-refractivity contribution in [2.45, 2.75) is 12.0 Å². The number of pyridine rings is 1. The third-order valence-electron chi connectivity index (χ3n) is 3.70. The van der Waals surface area contributed by atoms with E-state index in [4.69, 9.17) is 0 Å². The van der Waals surface area contributed by atoms with Crippen LogP contribution in [0.3, 0.4) is 0 Å². The quantitative estimate of drug-likeness (QED) is 0.814. The highest BCUT2D eigenvalue weighted by atomic mass is 16.3. The van der Waals surface area contributed by atoms with Gasteiger partial charge in [0, 0.05) is 45.1 Å². The lowest BCUT2D eigenvalue weighted by Crippen LogP contribution is -2.36. The van der Waals surface area contributed by atoms with Crippen molar-refractivity contribution in [2.24, 2.45) is 0 Å². The van der Waals surface area contributed by atoms with Crippen LogP contribution in [0.1, 0.15) is 23.1 Å². The molecule has 2 rings (SSSR count). The minimum Gasteiger partial charge on any atom is -0.387 e. The van der Waals surface area contributed by atoms with Gasteiger partial charge in [-0.2, -0.15) is 0 Å². The second-order valence-corrected chi connectivity index (χ2v) is 5.66. The maximum Gasteiger partial charge on any atom is 0.230 e. The average molecular weight is 313 g/mol. The molecule has 1 aromatic heterocycles. The highest BCUT2D eigenvalue weighted by molar-refractivity contribution is 5.83. The molecule has 1 aromatic carbocycles. The molecular formula is C18H23N3O2. The Kier molecular flexibility index (Phi) is 6.26. The number of aromatic nitrogens is 1. The summed E-state index contributed by atoms with van der Waals surface area (Å²) in [5.74, 6) is -0.230. The van der Waals surface area contributed by atoms with Crippen LogP contribution in [-0.4, -0.2) is 48.1 Å². The summed E-state index contributed by atoms with van der Waals surface area (Å²) in [5, 5.41) is 13.3. The van der Waals surface area contributed by atoms with Crippen LogP contribution in [0.25, 0.3) is 0 Å². The maximum atomic E-state index is 12.4. The van der Waals surface area contributed by atoms with E-state index in [0.717, 1.165) is 11.1 Å². The molecule has 5 nitrogen and oxygen atoms in total. The lowest BCUT2D eigenvalue weighted by Gasteiger charge is -2.22. The summed E-state index contributed by atoms with van der Waals surface area (Å²) in [4.78, 5) is 18.0. The van der Waals surface area contributed by atoms with Crippen molar-refractivity contribution < 1.29 is 9.90 Å². The number of nitrogens with one attached hydrogen (secondary N) is 1. The Labute approximate surface area is 137 Å². The number of likely N-dealkylation sites (N-methyl/N-ethyl adjacent to an activating group) is 1. The molecule has 0 aliphatic heterocycles. The molecule has 0 saturated heterocycles. The summed E-state index contributed by atoms with van der Waals surface area (Å²) >= 11 is 0. The normalized spacial score (nSPS) is 13.3. The van der Waals surface area contributed by atoms with Crippen LogP contribution in [0, 0.1) is 0 Å². The summed E-state index contributed by atoms with van der Waals surface area (Å²) in [6.07, 6.45) is 2.67. The van der Waals surface area contributed by atoms with Gasteiger partial charge >= 0.3 is 0 Å². The molecular weight excluding hydrogens is 290 g/mol. The predicted molar refractivity (Wildman–Crippen MR) is 89.9 cm³/mol.